The lowest BCUT2D eigenvalue weighted by atomic mass is 10.2. The normalized spacial score (nSPS) is 10.5. The van der Waals surface area contributed by atoms with Gasteiger partial charge in [-0.2, -0.15) is 10.2 Å². The highest BCUT2D eigenvalue weighted by molar-refractivity contribution is 6.05. The predicted molar refractivity (Wildman–Crippen MR) is 85.6 cm³/mol. The van der Waals surface area contributed by atoms with Gasteiger partial charge in [-0.1, -0.05) is 12.1 Å². The van der Waals surface area contributed by atoms with Gasteiger partial charge in [-0.05, 0) is 23.8 Å². The fourth-order valence-corrected chi connectivity index (χ4v) is 2.29. The third kappa shape index (κ3) is 3.29. The summed E-state index contributed by atoms with van der Waals surface area (Å²) in [6.07, 6.45) is 4.72. The lowest BCUT2D eigenvalue weighted by Crippen LogP contribution is -2.14. The van der Waals surface area contributed by atoms with Gasteiger partial charge in [-0.25, -0.2) is 0 Å². The third-order valence-electron chi connectivity index (χ3n) is 3.31. The third-order valence-corrected chi connectivity index (χ3v) is 3.31. The van der Waals surface area contributed by atoms with Crippen molar-refractivity contribution in [3.05, 3.63) is 70.3 Å². The van der Waals surface area contributed by atoms with Crippen LogP contribution in [-0.4, -0.2) is 30.4 Å². The molecule has 0 atom stereocenters. The second kappa shape index (κ2) is 6.32. The largest absolute Gasteiger partial charge is 0.320 e. The number of anilines is 1. The summed E-state index contributed by atoms with van der Waals surface area (Å²) < 4.78 is 2.99. The van der Waals surface area contributed by atoms with Crippen molar-refractivity contribution in [1.82, 2.24) is 19.6 Å². The van der Waals surface area contributed by atoms with Crippen LogP contribution in [0.25, 0.3) is 0 Å². The number of amides is 1. The van der Waals surface area contributed by atoms with Crippen LogP contribution in [-0.2, 0) is 13.6 Å². The van der Waals surface area contributed by atoms with E-state index in [4.69, 9.17) is 0 Å². The quantitative estimate of drug-likeness (QED) is 0.568. The van der Waals surface area contributed by atoms with Crippen LogP contribution < -0.4 is 5.32 Å². The first kappa shape index (κ1) is 15.4. The number of carbonyl (C=O) groups is 1. The molecule has 0 spiro atoms. The van der Waals surface area contributed by atoms with Crippen molar-refractivity contribution in [3.8, 4) is 0 Å². The molecule has 2 aromatic heterocycles. The van der Waals surface area contributed by atoms with Crippen molar-refractivity contribution >= 4 is 17.3 Å². The average molecular weight is 326 g/mol. The predicted octanol–water partition coefficient (Wildman–Crippen LogP) is 1.83. The molecule has 1 amide bonds. The first-order valence-corrected chi connectivity index (χ1v) is 7.08. The van der Waals surface area contributed by atoms with Crippen LogP contribution >= 0.6 is 0 Å². The molecule has 24 heavy (non-hydrogen) atoms. The van der Waals surface area contributed by atoms with Gasteiger partial charge in [0.25, 0.3) is 5.91 Å². The lowest BCUT2D eigenvalue weighted by Gasteiger charge is -2.06. The Morgan fingerprint density at radius 1 is 1.38 bits per heavy atom. The molecule has 2 heterocycles. The number of hydrogen-bond donors (Lipinski definition) is 1. The fourth-order valence-electron chi connectivity index (χ4n) is 2.29. The molecule has 122 valence electrons. The van der Waals surface area contributed by atoms with Gasteiger partial charge in [0.15, 0.2) is 0 Å². The van der Waals surface area contributed by atoms with Crippen LogP contribution in [0.2, 0.25) is 0 Å². The lowest BCUT2D eigenvalue weighted by molar-refractivity contribution is -0.385. The molecule has 0 fully saturated rings. The van der Waals surface area contributed by atoms with Crippen LogP contribution in [0.15, 0.2) is 48.9 Å². The smallest absolute Gasteiger partial charge is 0.320 e. The van der Waals surface area contributed by atoms with E-state index >= 15 is 0 Å². The molecule has 0 aliphatic heterocycles. The maximum Gasteiger partial charge on any atom is 0.320 e. The van der Waals surface area contributed by atoms with Crippen molar-refractivity contribution in [3.63, 3.8) is 0 Å². The number of nitro groups is 1. The molecule has 1 aromatic carbocycles. The highest BCUT2D eigenvalue weighted by atomic mass is 16.6. The van der Waals surface area contributed by atoms with Crippen LogP contribution in [0.4, 0.5) is 11.4 Å². The van der Waals surface area contributed by atoms with Crippen LogP contribution in [0.5, 0.6) is 0 Å². The van der Waals surface area contributed by atoms with E-state index in [1.54, 1.807) is 29.1 Å². The summed E-state index contributed by atoms with van der Waals surface area (Å²) in [4.78, 5) is 22.6. The number of nitrogens with zero attached hydrogens (tertiary/aromatic N) is 5. The summed E-state index contributed by atoms with van der Waals surface area (Å²) in [6, 6.07) is 9.02. The number of nitrogens with one attached hydrogen (secondary N) is 1. The molecule has 0 saturated carbocycles. The molecular formula is C15H14N6O3. The minimum Gasteiger partial charge on any atom is -0.320 e. The Morgan fingerprint density at radius 2 is 2.21 bits per heavy atom. The number of carbonyl (C=O) groups excluding carboxylic acids is 1. The standard InChI is InChI=1S/C15H14N6O3/c1-19-10-13(21(23)24)14(18-19)15(22)17-12-5-2-4-11(8-12)9-20-7-3-6-16-20/h2-8,10H,9H2,1H3,(H,17,22). The Labute approximate surface area is 136 Å². The molecule has 0 saturated heterocycles. The Kier molecular flexibility index (Phi) is 4.06. The summed E-state index contributed by atoms with van der Waals surface area (Å²) in [7, 11) is 1.52. The summed E-state index contributed by atoms with van der Waals surface area (Å²) in [5, 5.41) is 21.6. The van der Waals surface area contributed by atoms with Gasteiger partial charge in [0.05, 0.1) is 11.5 Å². The van der Waals surface area contributed by atoms with Gasteiger partial charge in [0, 0.05) is 25.1 Å². The molecule has 1 N–H and O–H groups in total. The first-order valence-electron chi connectivity index (χ1n) is 7.08. The van der Waals surface area contributed by atoms with Crippen molar-refractivity contribution in [2.75, 3.05) is 5.32 Å². The molecule has 9 nitrogen and oxygen atoms in total. The van der Waals surface area contributed by atoms with Crippen LogP contribution in [0.1, 0.15) is 16.1 Å². The van der Waals surface area contributed by atoms with Gasteiger partial charge >= 0.3 is 5.69 Å². The van der Waals surface area contributed by atoms with E-state index in [0.717, 1.165) is 5.56 Å². The van der Waals surface area contributed by atoms with E-state index < -0.39 is 10.8 Å². The Hall–Kier alpha value is -3.49. The number of aromatic nitrogens is 4. The second-order valence-corrected chi connectivity index (χ2v) is 5.15. The van der Waals surface area contributed by atoms with Gasteiger partial charge in [0.2, 0.25) is 5.69 Å². The van der Waals surface area contributed by atoms with Crippen molar-refractivity contribution in [2.45, 2.75) is 6.54 Å². The topological polar surface area (TPSA) is 108 Å². The molecule has 9 heteroatoms. The highest BCUT2D eigenvalue weighted by Gasteiger charge is 2.24. The fraction of sp³-hybridized carbons (Fsp3) is 0.133. The minimum absolute atomic E-state index is 0.222. The molecule has 0 unspecified atom stereocenters. The number of benzene rings is 1. The summed E-state index contributed by atoms with van der Waals surface area (Å²) in [6.45, 7) is 0.556. The number of hydrogen-bond acceptors (Lipinski definition) is 5. The van der Waals surface area contributed by atoms with Crippen LogP contribution in [0, 0.1) is 10.1 Å². The molecule has 0 radical (unpaired) electrons. The molecule has 0 aliphatic rings. The van der Waals surface area contributed by atoms with Gasteiger partial charge in [-0.3, -0.25) is 24.3 Å². The van der Waals surface area contributed by atoms with E-state index in [2.05, 4.69) is 15.5 Å². The zero-order valence-electron chi connectivity index (χ0n) is 12.8. The van der Waals surface area contributed by atoms with Crippen molar-refractivity contribution in [1.29, 1.82) is 0 Å². The monoisotopic (exact) mass is 326 g/mol. The molecular weight excluding hydrogens is 312 g/mol. The van der Waals surface area contributed by atoms with E-state index in [-0.39, 0.29) is 11.4 Å². The number of rotatable bonds is 5. The van der Waals surface area contributed by atoms with E-state index in [1.165, 1.54) is 17.9 Å². The van der Waals surface area contributed by atoms with Crippen molar-refractivity contribution in [2.24, 2.45) is 7.05 Å². The highest BCUT2D eigenvalue weighted by Crippen LogP contribution is 2.19. The summed E-state index contributed by atoms with van der Waals surface area (Å²) in [5.74, 6) is -0.626. The van der Waals surface area contributed by atoms with E-state index in [9.17, 15) is 14.9 Å². The number of aryl methyl sites for hydroxylation is 1. The van der Waals surface area contributed by atoms with E-state index in [1.807, 2.05) is 18.3 Å². The summed E-state index contributed by atoms with van der Waals surface area (Å²) >= 11 is 0. The molecule has 3 rings (SSSR count). The van der Waals surface area contributed by atoms with Gasteiger partial charge < -0.3 is 5.32 Å². The first-order chi connectivity index (χ1) is 11.5. The molecule has 3 aromatic rings. The zero-order valence-corrected chi connectivity index (χ0v) is 12.8. The molecule has 0 aliphatic carbocycles. The zero-order chi connectivity index (χ0) is 17.1. The molecule has 0 bridgehead atoms. The maximum absolute atomic E-state index is 12.3. The Balaban J connectivity index is 1.78. The van der Waals surface area contributed by atoms with Crippen molar-refractivity contribution < 1.29 is 9.72 Å². The average Bonchev–Trinajstić information content (AvgIpc) is 3.17. The Morgan fingerprint density at radius 3 is 2.92 bits per heavy atom. The SMILES string of the molecule is Cn1cc([N+](=O)[O-])c(C(=O)Nc2cccc(Cn3cccn3)c2)n1. The second-order valence-electron chi connectivity index (χ2n) is 5.15. The minimum atomic E-state index is -0.629. The Bertz CT molecular complexity index is 885. The van der Waals surface area contributed by atoms with Crippen LogP contribution in [0.3, 0.4) is 0 Å². The van der Waals surface area contributed by atoms with E-state index in [0.29, 0.717) is 12.2 Å². The van der Waals surface area contributed by atoms with Gasteiger partial charge in [0.1, 0.15) is 6.20 Å². The summed E-state index contributed by atoms with van der Waals surface area (Å²) in [5.41, 5.74) is 0.916. The van der Waals surface area contributed by atoms with Gasteiger partial charge in [-0.15, -0.1) is 0 Å². The maximum atomic E-state index is 12.3.